The Balaban J connectivity index is 0. The number of aliphatic hydroxyl groups is 2. The van der Waals surface area contributed by atoms with E-state index in [0.29, 0.717) is 18.6 Å². The lowest BCUT2D eigenvalue weighted by molar-refractivity contribution is 0.0375. The fraction of sp³-hybridized carbons (Fsp3) is 1.00. The Labute approximate surface area is 82.4 Å². The lowest BCUT2D eigenvalue weighted by Gasteiger charge is -2.31. The van der Waals surface area contributed by atoms with Crippen LogP contribution < -0.4 is 0 Å². The van der Waals surface area contributed by atoms with Gasteiger partial charge in [0.15, 0.2) is 0 Å². The van der Waals surface area contributed by atoms with Crippen molar-refractivity contribution in [2.75, 3.05) is 13.2 Å². The first-order valence-corrected chi connectivity index (χ1v) is 4.53. The van der Waals surface area contributed by atoms with Crippen molar-refractivity contribution in [2.24, 2.45) is 0 Å². The molecule has 0 aromatic carbocycles. The SMILES string of the molecule is C.CC(C)N(C[C@@H](O)CO)C(C)C. The normalized spacial score (nSPS) is 13.6. The van der Waals surface area contributed by atoms with Gasteiger partial charge in [-0.3, -0.25) is 4.90 Å². The molecule has 3 nitrogen and oxygen atoms in total. The molecule has 0 radical (unpaired) electrons. The summed E-state index contributed by atoms with van der Waals surface area (Å²) in [4.78, 5) is 2.15. The van der Waals surface area contributed by atoms with Crippen molar-refractivity contribution in [3.63, 3.8) is 0 Å². The summed E-state index contributed by atoms with van der Waals surface area (Å²) in [5.41, 5.74) is 0. The minimum Gasteiger partial charge on any atom is -0.394 e. The molecule has 0 unspecified atom stereocenters. The van der Waals surface area contributed by atoms with E-state index in [9.17, 15) is 5.11 Å². The van der Waals surface area contributed by atoms with Crippen LogP contribution in [0.3, 0.4) is 0 Å². The molecule has 0 saturated heterocycles. The highest BCUT2D eigenvalue weighted by atomic mass is 16.3. The maximum Gasteiger partial charge on any atom is 0.0897 e. The molecule has 0 rings (SSSR count). The van der Waals surface area contributed by atoms with Crippen molar-refractivity contribution in [3.05, 3.63) is 0 Å². The third-order valence-corrected chi connectivity index (χ3v) is 1.96. The Kier molecular flexibility index (Phi) is 8.62. The molecule has 0 fully saturated rings. The molecule has 13 heavy (non-hydrogen) atoms. The van der Waals surface area contributed by atoms with Gasteiger partial charge in [-0.2, -0.15) is 0 Å². The molecule has 2 N–H and O–H groups in total. The third kappa shape index (κ3) is 6.02. The zero-order chi connectivity index (χ0) is 9.72. The van der Waals surface area contributed by atoms with Crippen molar-refractivity contribution in [3.8, 4) is 0 Å². The summed E-state index contributed by atoms with van der Waals surface area (Å²) in [6.45, 7) is 8.74. The van der Waals surface area contributed by atoms with Crippen molar-refractivity contribution in [2.45, 2.75) is 53.3 Å². The number of hydrogen-bond donors (Lipinski definition) is 2. The zero-order valence-electron chi connectivity index (χ0n) is 8.49. The summed E-state index contributed by atoms with van der Waals surface area (Å²) in [6, 6.07) is 0.817. The number of aliphatic hydroxyl groups excluding tert-OH is 2. The molecule has 0 aromatic rings. The van der Waals surface area contributed by atoms with E-state index in [4.69, 9.17) is 5.11 Å². The summed E-state index contributed by atoms with van der Waals surface area (Å²) < 4.78 is 0. The minimum absolute atomic E-state index is 0. The zero-order valence-corrected chi connectivity index (χ0v) is 8.49. The van der Waals surface area contributed by atoms with E-state index in [1.807, 2.05) is 0 Å². The van der Waals surface area contributed by atoms with Crippen LogP contribution in [-0.4, -0.2) is 46.5 Å². The van der Waals surface area contributed by atoms with Crippen LogP contribution in [0.15, 0.2) is 0 Å². The molecule has 0 aliphatic carbocycles. The molecule has 0 amide bonds. The maximum atomic E-state index is 9.23. The number of hydrogen-bond acceptors (Lipinski definition) is 3. The fourth-order valence-electron chi connectivity index (χ4n) is 1.32. The number of rotatable bonds is 5. The smallest absolute Gasteiger partial charge is 0.0897 e. The largest absolute Gasteiger partial charge is 0.394 e. The predicted octanol–water partition coefficient (Wildman–Crippen LogP) is 1.09. The molecule has 82 valence electrons. The molecular weight excluding hydrogens is 166 g/mol. The maximum absolute atomic E-state index is 9.23. The van der Waals surface area contributed by atoms with E-state index in [1.165, 1.54) is 0 Å². The molecule has 0 aliphatic rings. The van der Waals surface area contributed by atoms with Crippen LogP contribution in [0.25, 0.3) is 0 Å². The first-order chi connectivity index (χ1) is 5.49. The Hall–Kier alpha value is -0.120. The molecule has 0 bridgehead atoms. The van der Waals surface area contributed by atoms with Crippen molar-refractivity contribution in [1.82, 2.24) is 4.90 Å². The van der Waals surface area contributed by atoms with E-state index in [1.54, 1.807) is 0 Å². The second kappa shape index (κ2) is 7.30. The van der Waals surface area contributed by atoms with Gasteiger partial charge in [-0.15, -0.1) is 0 Å². The molecule has 0 saturated carbocycles. The van der Waals surface area contributed by atoms with Gasteiger partial charge in [-0.25, -0.2) is 0 Å². The average Bonchev–Trinajstić information content (AvgIpc) is 1.98. The topological polar surface area (TPSA) is 43.7 Å². The molecule has 0 aliphatic heterocycles. The molecule has 0 spiro atoms. The highest BCUT2D eigenvalue weighted by Gasteiger charge is 2.16. The Bertz CT molecular complexity index is 107. The summed E-state index contributed by atoms with van der Waals surface area (Å²) >= 11 is 0. The highest BCUT2D eigenvalue weighted by Crippen LogP contribution is 2.05. The lowest BCUT2D eigenvalue weighted by Crippen LogP contribution is -2.43. The van der Waals surface area contributed by atoms with Crippen LogP contribution >= 0.6 is 0 Å². The van der Waals surface area contributed by atoms with Gasteiger partial charge in [0.2, 0.25) is 0 Å². The van der Waals surface area contributed by atoms with E-state index < -0.39 is 6.10 Å². The summed E-state index contributed by atoms with van der Waals surface area (Å²) in [5.74, 6) is 0. The Morgan fingerprint density at radius 2 is 1.46 bits per heavy atom. The standard InChI is InChI=1S/C9H21NO2.CH4/c1-7(2)10(8(3)4)5-9(12)6-11;/h7-9,11-12H,5-6H2,1-4H3;1H4/t9-;/m1./s1. The second-order valence-corrected chi connectivity index (χ2v) is 3.72. The van der Waals surface area contributed by atoms with Gasteiger partial charge in [-0.05, 0) is 27.7 Å². The van der Waals surface area contributed by atoms with E-state index in [-0.39, 0.29) is 14.0 Å². The van der Waals surface area contributed by atoms with Crippen LogP contribution in [0.2, 0.25) is 0 Å². The van der Waals surface area contributed by atoms with Crippen LogP contribution in [0.5, 0.6) is 0 Å². The highest BCUT2D eigenvalue weighted by molar-refractivity contribution is 4.70. The van der Waals surface area contributed by atoms with Gasteiger partial charge in [0.25, 0.3) is 0 Å². The van der Waals surface area contributed by atoms with Gasteiger partial charge in [0.05, 0.1) is 12.7 Å². The number of nitrogens with zero attached hydrogens (tertiary/aromatic N) is 1. The Morgan fingerprint density at radius 1 is 1.08 bits per heavy atom. The van der Waals surface area contributed by atoms with Gasteiger partial charge in [0.1, 0.15) is 0 Å². The summed E-state index contributed by atoms with van der Waals surface area (Å²) in [7, 11) is 0. The van der Waals surface area contributed by atoms with Crippen LogP contribution in [0.1, 0.15) is 35.1 Å². The van der Waals surface area contributed by atoms with E-state index in [2.05, 4.69) is 32.6 Å². The van der Waals surface area contributed by atoms with E-state index in [0.717, 1.165) is 0 Å². The van der Waals surface area contributed by atoms with Gasteiger partial charge in [-0.1, -0.05) is 7.43 Å². The van der Waals surface area contributed by atoms with Crippen LogP contribution in [0, 0.1) is 0 Å². The minimum atomic E-state index is -0.616. The molecule has 3 heteroatoms. The van der Waals surface area contributed by atoms with Crippen LogP contribution in [0.4, 0.5) is 0 Å². The van der Waals surface area contributed by atoms with E-state index >= 15 is 0 Å². The first kappa shape index (κ1) is 15.4. The first-order valence-electron chi connectivity index (χ1n) is 4.53. The monoisotopic (exact) mass is 191 g/mol. The summed E-state index contributed by atoms with van der Waals surface area (Å²) in [5, 5.41) is 17.9. The van der Waals surface area contributed by atoms with Gasteiger partial charge < -0.3 is 10.2 Å². The second-order valence-electron chi connectivity index (χ2n) is 3.72. The van der Waals surface area contributed by atoms with Crippen LogP contribution in [-0.2, 0) is 0 Å². The molecule has 1 atom stereocenters. The predicted molar refractivity (Wildman–Crippen MR) is 56.8 cm³/mol. The van der Waals surface area contributed by atoms with Gasteiger partial charge in [0, 0.05) is 18.6 Å². The lowest BCUT2D eigenvalue weighted by atomic mass is 10.2. The Morgan fingerprint density at radius 3 is 1.69 bits per heavy atom. The third-order valence-electron chi connectivity index (χ3n) is 1.96. The quantitative estimate of drug-likeness (QED) is 0.684. The average molecular weight is 191 g/mol. The fourth-order valence-corrected chi connectivity index (χ4v) is 1.32. The van der Waals surface area contributed by atoms with Crippen molar-refractivity contribution >= 4 is 0 Å². The van der Waals surface area contributed by atoms with Crippen molar-refractivity contribution < 1.29 is 10.2 Å². The summed E-state index contributed by atoms with van der Waals surface area (Å²) in [6.07, 6.45) is -0.616. The molecule has 0 heterocycles. The van der Waals surface area contributed by atoms with Crippen molar-refractivity contribution in [1.29, 1.82) is 0 Å². The molecule has 0 aromatic heterocycles. The van der Waals surface area contributed by atoms with Gasteiger partial charge >= 0.3 is 0 Å². The molecular formula is C10H25NO2.